The first-order valence-corrected chi connectivity index (χ1v) is 11.0. The molecule has 0 saturated carbocycles. The van der Waals surface area contributed by atoms with Gasteiger partial charge >= 0.3 is 0 Å². The minimum atomic E-state index is -0.302. The third kappa shape index (κ3) is 4.42. The van der Waals surface area contributed by atoms with Gasteiger partial charge in [0.15, 0.2) is 17.1 Å². The highest BCUT2D eigenvalue weighted by Crippen LogP contribution is 2.25. The number of nitrogens with one attached hydrogen (secondary N) is 1. The maximum Gasteiger partial charge on any atom is 0.273 e. The van der Waals surface area contributed by atoms with Crippen LogP contribution >= 0.6 is 0 Å². The first kappa shape index (κ1) is 21.1. The summed E-state index contributed by atoms with van der Waals surface area (Å²) >= 11 is 0. The van der Waals surface area contributed by atoms with Gasteiger partial charge in [0.2, 0.25) is 0 Å². The van der Waals surface area contributed by atoms with Gasteiger partial charge in [-0.25, -0.2) is 14.6 Å². The van der Waals surface area contributed by atoms with E-state index in [-0.39, 0.29) is 23.8 Å². The molecular weight excluding hydrogens is 422 g/mol. The Balaban J connectivity index is 1.24. The second kappa shape index (κ2) is 8.99. The largest absolute Gasteiger partial charge is 0.372 e. The van der Waals surface area contributed by atoms with Crippen LogP contribution in [0.3, 0.4) is 0 Å². The highest BCUT2D eigenvalue weighted by Gasteiger charge is 2.25. The second-order valence-corrected chi connectivity index (χ2v) is 8.16. The number of hydrogen-bond acceptors (Lipinski definition) is 8. The Bertz CT molecular complexity index is 1240. The van der Waals surface area contributed by atoms with Crippen LogP contribution in [0.2, 0.25) is 0 Å². The Kier molecular flexibility index (Phi) is 5.74. The zero-order chi connectivity index (χ0) is 22.8. The lowest BCUT2D eigenvalue weighted by atomic mass is 10.1. The molecule has 10 heteroatoms. The van der Waals surface area contributed by atoms with Gasteiger partial charge in [0.05, 0.1) is 30.3 Å². The van der Waals surface area contributed by atoms with Crippen molar-refractivity contribution in [3.8, 4) is 11.3 Å². The van der Waals surface area contributed by atoms with E-state index in [0.29, 0.717) is 18.8 Å². The number of benzene rings is 1. The van der Waals surface area contributed by atoms with E-state index >= 15 is 0 Å². The van der Waals surface area contributed by atoms with Crippen molar-refractivity contribution < 1.29 is 14.1 Å². The predicted octanol–water partition coefficient (Wildman–Crippen LogP) is 2.52. The third-order valence-corrected chi connectivity index (χ3v) is 5.54. The zero-order valence-corrected chi connectivity index (χ0v) is 18.5. The van der Waals surface area contributed by atoms with Crippen LogP contribution in [-0.2, 0) is 11.3 Å². The molecule has 0 bridgehead atoms. The van der Waals surface area contributed by atoms with E-state index in [9.17, 15) is 4.79 Å². The van der Waals surface area contributed by atoms with Gasteiger partial charge in [-0.1, -0.05) is 35.5 Å². The molecule has 1 aliphatic heterocycles. The van der Waals surface area contributed by atoms with Gasteiger partial charge in [-0.3, -0.25) is 4.79 Å². The molecule has 1 aromatic carbocycles. The normalized spacial score (nSPS) is 18.5. The van der Waals surface area contributed by atoms with Gasteiger partial charge in [-0.15, -0.1) is 0 Å². The molecule has 1 amide bonds. The Morgan fingerprint density at radius 2 is 1.94 bits per heavy atom. The quantitative estimate of drug-likeness (QED) is 0.480. The van der Waals surface area contributed by atoms with E-state index in [1.807, 2.05) is 30.3 Å². The number of amides is 1. The smallest absolute Gasteiger partial charge is 0.273 e. The van der Waals surface area contributed by atoms with Crippen LogP contribution in [0.4, 0.5) is 5.82 Å². The minimum Gasteiger partial charge on any atom is -0.372 e. The molecule has 3 aromatic heterocycles. The number of morpholine rings is 1. The maximum absolute atomic E-state index is 12.5. The Labute approximate surface area is 190 Å². The first-order chi connectivity index (χ1) is 16.1. The summed E-state index contributed by atoms with van der Waals surface area (Å²) in [6.45, 7) is 6.48. The van der Waals surface area contributed by atoms with Crippen molar-refractivity contribution >= 4 is 22.8 Å². The molecule has 4 aromatic rings. The number of aromatic nitrogens is 5. The summed E-state index contributed by atoms with van der Waals surface area (Å²) in [4.78, 5) is 23.6. The highest BCUT2D eigenvalue weighted by molar-refractivity contribution is 5.93. The summed E-state index contributed by atoms with van der Waals surface area (Å²) in [6, 6.07) is 11.2. The summed E-state index contributed by atoms with van der Waals surface area (Å²) < 4.78 is 12.9. The summed E-state index contributed by atoms with van der Waals surface area (Å²) in [6.07, 6.45) is 3.59. The number of rotatable bonds is 6. The SMILES string of the molecule is C[C@@H]1CN(c2ncnc3c2cnn3CCNC(=O)c2cc(-c3ccccc3)on2)C[C@@H](C)O1. The fourth-order valence-electron chi connectivity index (χ4n) is 4.13. The lowest BCUT2D eigenvalue weighted by molar-refractivity contribution is -0.00537. The number of carbonyl (C=O) groups is 1. The van der Waals surface area contributed by atoms with Crippen molar-refractivity contribution in [2.24, 2.45) is 0 Å². The van der Waals surface area contributed by atoms with Gasteiger partial charge in [0.1, 0.15) is 12.1 Å². The average Bonchev–Trinajstić information content (AvgIpc) is 3.47. The van der Waals surface area contributed by atoms with Gasteiger partial charge < -0.3 is 19.5 Å². The average molecular weight is 447 g/mol. The van der Waals surface area contributed by atoms with Gasteiger partial charge in [-0.2, -0.15) is 5.10 Å². The van der Waals surface area contributed by atoms with E-state index in [1.54, 1.807) is 23.3 Å². The fourth-order valence-corrected chi connectivity index (χ4v) is 4.13. The van der Waals surface area contributed by atoms with E-state index in [4.69, 9.17) is 9.26 Å². The number of hydrogen-bond donors (Lipinski definition) is 1. The molecule has 10 nitrogen and oxygen atoms in total. The highest BCUT2D eigenvalue weighted by atomic mass is 16.5. The monoisotopic (exact) mass is 447 g/mol. The number of fused-ring (bicyclic) bond motifs is 1. The molecule has 1 fully saturated rings. The van der Waals surface area contributed by atoms with Crippen LogP contribution in [-0.4, -0.2) is 62.7 Å². The van der Waals surface area contributed by atoms with Crippen molar-refractivity contribution in [2.75, 3.05) is 24.5 Å². The van der Waals surface area contributed by atoms with Crippen LogP contribution in [0.1, 0.15) is 24.3 Å². The van der Waals surface area contributed by atoms with Crippen molar-refractivity contribution in [1.82, 2.24) is 30.2 Å². The standard InChI is InChI=1S/C23H25N7O3/c1-15-12-29(13-16(2)32-15)21-18-11-27-30(22(18)26-14-25-21)9-8-24-23(31)19-10-20(33-28-19)17-6-4-3-5-7-17/h3-7,10-11,14-16H,8-9,12-13H2,1-2H3,(H,24,31)/t15-,16-/m1/s1. The molecule has 33 heavy (non-hydrogen) atoms. The molecule has 0 spiro atoms. The van der Waals surface area contributed by atoms with Crippen LogP contribution in [0, 0.1) is 0 Å². The molecular formula is C23H25N7O3. The Morgan fingerprint density at radius 1 is 1.15 bits per heavy atom. The van der Waals surface area contributed by atoms with Crippen molar-refractivity contribution in [2.45, 2.75) is 32.6 Å². The van der Waals surface area contributed by atoms with Gasteiger partial charge in [-0.05, 0) is 13.8 Å². The van der Waals surface area contributed by atoms with Crippen LogP contribution < -0.4 is 10.2 Å². The van der Waals surface area contributed by atoms with E-state index in [0.717, 1.165) is 35.5 Å². The number of ether oxygens (including phenoxy) is 1. The van der Waals surface area contributed by atoms with Crippen molar-refractivity contribution in [3.63, 3.8) is 0 Å². The summed E-state index contributed by atoms with van der Waals surface area (Å²) in [5.74, 6) is 1.10. The molecule has 1 aliphatic rings. The van der Waals surface area contributed by atoms with Crippen molar-refractivity contribution in [1.29, 1.82) is 0 Å². The molecule has 4 heterocycles. The summed E-state index contributed by atoms with van der Waals surface area (Å²) in [5, 5.41) is 12.1. The number of nitrogens with zero attached hydrogens (tertiary/aromatic N) is 6. The lowest BCUT2D eigenvalue weighted by Crippen LogP contribution is -2.45. The molecule has 170 valence electrons. The summed E-state index contributed by atoms with van der Waals surface area (Å²) in [5.41, 5.74) is 1.83. The first-order valence-electron chi connectivity index (χ1n) is 11.0. The van der Waals surface area contributed by atoms with E-state index in [1.165, 1.54) is 0 Å². The Hall–Kier alpha value is -3.79. The molecule has 0 radical (unpaired) electrons. The van der Waals surface area contributed by atoms with E-state index < -0.39 is 0 Å². The molecule has 2 atom stereocenters. The van der Waals surface area contributed by atoms with Crippen LogP contribution in [0.25, 0.3) is 22.4 Å². The molecule has 5 rings (SSSR count). The third-order valence-electron chi connectivity index (χ3n) is 5.54. The lowest BCUT2D eigenvalue weighted by Gasteiger charge is -2.36. The molecule has 0 aliphatic carbocycles. The summed E-state index contributed by atoms with van der Waals surface area (Å²) in [7, 11) is 0. The molecule has 0 unspecified atom stereocenters. The van der Waals surface area contributed by atoms with E-state index in [2.05, 4.69) is 44.3 Å². The molecule has 1 N–H and O–H groups in total. The van der Waals surface area contributed by atoms with Gasteiger partial charge in [0.25, 0.3) is 5.91 Å². The van der Waals surface area contributed by atoms with Crippen LogP contribution in [0.5, 0.6) is 0 Å². The maximum atomic E-state index is 12.5. The molecule has 1 saturated heterocycles. The second-order valence-electron chi connectivity index (χ2n) is 8.16. The van der Waals surface area contributed by atoms with Crippen LogP contribution in [0.15, 0.2) is 53.4 Å². The zero-order valence-electron chi connectivity index (χ0n) is 18.5. The number of anilines is 1. The number of carbonyl (C=O) groups excluding carboxylic acids is 1. The topological polar surface area (TPSA) is 111 Å². The minimum absolute atomic E-state index is 0.128. The van der Waals surface area contributed by atoms with Crippen molar-refractivity contribution in [3.05, 3.63) is 54.6 Å². The predicted molar refractivity (Wildman–Crippen MR) is 122 cm³/mol. The van der Waals surface area contributed by atoms with Gasteiger partial charge in [0, 0.05) is 31.3 Å². The fraction of sp³-hybridized carbons (Fsp3) is 0.348. The Morgan fingerprint density at radius 3 is 2.73 bits per heavy atom.